The molecule has 20 heavy (non-hydrogen) atoms. The lowest BCUT2D eigenvalue weighted by molar-refractivity contribution is -0.144. The molecule has 0 amide bonds. The van der Waals surface area contributed by atoms with Gasteiger partial charge in [-0.15, -0.1) is 0 Å². The molecule has 6 heteroatoms. The van der Waals surface area contributed by atoms with Gasteiger partial charge >= 0.3 is 5.97 Å². The van der Waals surface area contributed by atoms with Crippen molar-refractivity contribution in [3.63, 3.8) is 0 Å². The minimum atomic E-state index is -0.776. The third kappa shape index (κ3) is 3.37. The summed E-state index contributed by atoms with van der Waals surface area (Å²) in [5.41, 5.74) is 1.46. The minimum absolute atomic E-state index is 0.296. The monoisotopic (exact) mass is 281 g/mol. The van der Waals surface area contributed by atoms with Gasteiger partial charge < -0.3 is 15.5 Å². The van der Waals surface area contributed by atoms with Crippen molar-refractivity contribution in [2.24, 2.45) is 13.0 Å². The topological polar surface area (TPSA) is 87.4 Å². The number of aryl methyl sites for hydroxylation is 1. The average molecular weight is 281 g/mol. The molecule has 1 saturated carbocycles. The van der Waals surface area contributed by atoms with Crippen LogP contribution < -0.4 is 5.32 Å². The summed E-state index contributed by atoms with van der Waals surface area (Å²) in [6.07, 6.45) is 4.03. The first kappa shape index (κ1) is 15.0. The second-order valence-electron chi connectivity index (χ2n) is 5.82. The number of aliphatic carboxylic acids is 1. The van der Waals surface area contributed by atoms with Crippen LogP contribution in [0.2, 0.25) is 0 Å². The summed E-state index contributed by atoms with van der Waals surface area (Å²) in [7, 11) is 1.90. The third-order valence-corrected chi connectivity index (χ3v) is 4.37. The second-order valence-corrected chi connectivity index (χ2v) is 5.82. The quantitative estimate of drug-likeness (QED) is 0.744. The zero-order valence-electron chi connectivity index (χ0n) is 12.1. The summed E-state index contributed by atoms with van der Waals surface area (Å²) in [5.74, 6) is -1.04. The van der Waals surface area contributed by atoms with Crippen molar-refractivity contribution in [1.82, 2.24) is 15.1 Å². The van der Waals surface area contributed by atoms with Gasteiger partial charge in [0.1, 0.15) is 0 Å². The molecule has 1 aromatic heterocycles. The fraction of sp³-hybridized carbons (Fsp3) is 0.714. The molecule has 112 valence electrons. The number of nitrogens with zero attached hydrogens (tertiary/aromatic N) is 2. The Kier molecular flexibility index (Phi) is 4.45. The molecule has 0 radical (unpaired) electrons. The van der Waals surface area contributed by atoms with Gasteiger partial charge in [-0.3, -0.25) is 9.48 Å². The molecule has 0 unspecified atom stereocenters. The van der Waals surface area contributed by atoms with E-state index < -0.39 is 11.6 Å². The molecule has 1 aliphatic rings. The summed E-state index contributed by atoms with van der Waals surface area (Å²) in [6.45, 7) is 3.18. The van der Waals surface area contributed by atoms with E-state index in [9.17, 15) is 9.90 Å². The average Bonchev–Trinajstić information content (AvgIpc) is 2.71. The van der Waals surface area contributed by atoms with Gasteiger partial charge in [-0.1, -0.05) is 0 Å². The van der Waals surface area contributed by atoms with Crippen LogP contribution in [0.25, 0.3) is 0 Å². The highest BCUT2D eigenvalue weighted by Gasteiger charge is 2.35. The predicted octanol–water partition coefficient (Wildman–Crippen LogP) is 0.824. The molecule has 1 heterocycles. The molecular weight excluding hydrogens is 258 g/mol. The van der Waals surface area contributed by atoms with Crippen molar-refractivity contribution in [3.05, 3.63) is 17.5 Å². The van der Waals surface area contributed by atoms with E-state index in [1.165, 1.54) is 0 Å². The summed E-state index contributed by atoms with van der Waals surface area (Å²) < 4.78 is 1.82. The maximum Gasteiger partial charge on any atom is 0.306 e. The van der Waals surface area contributed by atoms with Crippen LogP contribution in [-0.4, -0.2) is 38.1 Å². The number of hydrogen-bond donors (Lipinski definition) is 3. The van der Waals surface area contributed by atoms with Crippen LogP contribution in [0.4, 0.5) is 0 Å². The fourth-order valence-electron chi connectivity index (χ4n) is 2.73. The van der Waals surface area contributed by atoms with Gasteiger partial charge in [0.25, 0.3) is 0 Å². The van der Waals surface area contributed by atoms with Crippen molar-refractivity contribution in [2.45, 2.75) is 44.8 Å². The molecule has 1 fully saturated rings. The van der Waals surface area contributed by atoms with Gasteiger partial charge in [0, 0.05) is 31.4 Å². The van der Waals surface area contributed by atoms with Crippen molar-refractivity contribution in [3.8, 4) is 0 Å². The Bertz CT molecular complexity index is 476. The molecule has 1 aromatic rings. The lowest BCUT2D eigenvalue weighted by Gasteiger charge is -2.34. The minimum Gasteiger partial charge on any atom is -0.481 e. The molecule has 6 nitrogen and oxygen atoms in total. The van der Waals surface area contributed by atoms with Crippen molar-refractivity contribution in [2.75, 3.05) is 6.54 Å². The Morgan fingerprint density at radius 3 is 2.70 bits per heavy atom. The van der Waals surface area contributed by atoms with Gasteiger partial charge in [0.05, 0.1) is 17.7 Å². The number of carbonyl (C=O) groups is 1. The van der Waals surface area contributed by atoms with E-state index >= 15 is 0 Å². The van der Waals surface area contributed by atoms with Crippen LogP contribution in [0.15, 0.2) is 6.20 Å². The van der Waals surface area contributed by atoms with Crippen LogP contribution in [-0.2, 0) is 18.4 Å². The van der Waals surface area contributed by atoms with Crippen LogP contribution >= 0.6 is 0 Å². The number of nitrogens with one attached hydrogen (secondary N) is 1. The first-order valence-corrected chi connectivity index (χ1v) is 7.05. The maximum absolute atomic E-state index is 10.9. The third-order valence-electron chi connectivity index (χ3n) is 4.37. The molecule has 2 rings (SSSR count). The van der Waals surface area contributed by atoms with E-state index in [1.807, 2.05) is 24.9 Å². The lowest BCUT2D eigenvalue weighted by Crippen LogP contribution is -2.44. The highest BCUT2D eigenvalue weighted by Crippen LogP contribution is 2.31. The van der Waals surface area contributed by atoms with E-state index in [4.69, 9.17) is 5.11 Å². The number of aliphatic hydroxyl groups is 1. The number of rotatable bonds is 5. The molecule has 3 N–H and O–H groups in total. The Balaban J connectivity index is 1.79. The number of hydrogen-bond acceptors (Lipinski definition) is 4. The van der Waals surface area contributed by atoms with Crippen molar-refractivity contribution < 1.29 is 15.0 Å². The molecule has 0 spiro atoms. The Morgan fingerprint density at radius 1 is 1.55 bits per heavy atom. The zero-order valence-corrected chi connectivity index (χ0v) is 12.1. The highest BCUT2D eigenvalue weighted by molar-refractivity contribution is 5.70. The molecular formula is C14H23N3O3. The van der Waals surface area contributed by atoms with E-state index in [0.29, 0.717) is 38.8 Å². The molecule has 0 aromatic carbocycles. The maximum atomic E-state index is 10.9. The first-order chi connectivity index (χ1) is 9.41. The van der Waals surface area contributed by atoms with Gasteiger partial charge in [-0.25, -0.2) is 0 Å². The van der Waals surface area contributed by atoms with Crippen LogP contribution in [0.5, 0.6) is 0 Å². The number of carboxylic acid groups (broad SMARTS) is 1. The molecule has 0 saturated heterocycles. The van der Waals surface area contributed by atoms with E-state index in [1.54, 1.807) is 0 Å². The van der Waals surface area contributed by atoms with Gasteiger partial charge in [0.2, 0.25) is 0 Å². The van der Waals surface area contributed by atoms with Crippen LogP contribution in [0.1, 0.15) is 36.9 Å². The van der Waals surface area contributed by atoms with Gasteiger partial charge in [-0.2, -0.15) is 5.10 Å². The largest absolute Gasteiger partial charge is 0.481 e. The molecule has 0 atom stereocenters. The van der Waals surface area contributed by atoms with Gasteiger partial charge in [0.15, 0.2) is 0 Å². The molecule has 1 aliphatic carbocycles. The summed E-state index contributed by atoms with van der Waals surface area (Å²) >= 11 is 0. The predicted molar refractivity (Wildman–Crippen MR) is 74.2 cm³/mol. The number of carboxylic acids is 1. The van der Waals surface area contributed by atoms with E-state index in [2.05, 4.69) is 10.4 Å². The normalized spacial score (nSPS) is 26.6. The fourth-order valence-corrected chi connectivity index (χ4v) is 2.73. The lowest BCUT2D eigenvalue weighted by atomic mass is 9.79. The first-order valence-electron chi connectivity index (χ1n) is 7.05. The van der Waals surface area contributed by atoms with Gasteiger partial charge in [-0.05, 0) is 32.6 Å². The molecule has 0 bridgehead atoms. The van der Waals surface area contributed by atoms with Crippen molar-refractivity contribution in [1.29, 1.82) is 0 Å². The Labute approximate surface area is 118 Å². The Hall–Kier alpha value is -1.40. The van der Waals surface area contributed by atoms with Crippen LogP contribution in [0, 0.1) is 12.8 Å². The van der Waals surface area contributed by atoms with Crippen LogP contribution in [0.3, 0.4) is 0 Å². The number of aromatic nitrogens is 2. The summed E-state index contributed by atoms with van der Waals surface area (Å²) in [4.78, 5) is 10.9. The zero-order chi connectivity index (χ0) is 14.8. The van der Waals surface area contributed by atoms with E-state index in [0.717, 1.165) is 11.3 Å². The molecule has 0 aliphatic heterocycles. The summed E-state index contributed by atoms with van der Waals surface area (Å²) in [5, 5.41) is 26.8. The SMILES string of the molecule is Cc1c(CNCC2(O)CCC(C(=O)O)CC2)cnn1C. The standard InChI is InChI=1S/C14H23N3O3/c1-10-12(8-16-17(10)2)7-15-9-14(20)5-3-11(4-6-14)13(18)19/h8,11,15,20H,3-7,9H2,1-2H3,(H,18,19). The smallest absolute Gasteiger partial charge is 0.306 e. The van der Waals surface area contributed by atoms with E-state index in [-0.39, 0.29) is 5.92 Å². The highest BCUT2D eigenvalue weighted by atomic mass is 16.4. The summed E-state index contributed by atoms with van der Waals surface area (Å²) in [6, 6.07) is 0. The Morgan fingerprint density at radius 2 is 2.20 bits per heavy atom. The second kappa shape index (κ2) is 5.93. The van der Waals surface area contributed by atoms with Crippen molar-refractivity contribution >= 4 is 5.97 Å².